The molecule has 35 heavy (non-hydrogen) atoms. The number of fused-ring (bicyclic) bond motifs is 1. The van der Waals surface area contributed by atoms with E-state index in [-0.39, 0.29) is 30.5 Å². The molecule has 2 aromatic carbocycles. The lowest BCUT2D eigenvalue weighted by Crippen LogP contribution is -2.40. The Morgan fingerprint density at radius 3 is 2.49 bits per heavy atom. The number of benzene rings is 2. The van der Waals surface area contributed by atoms with Gasteiger partial charge in [0.25, 0.3) is 0 Å². The summed E-state index contributed by atoms with van der Waals surface area (Å²) >= 11 is 0. The summed E-state index contributed by atoms with van der Waals surface area (Å²) in [5.74, 6) is -0.210. The molecule has 1 aliphatic rings. The predicted octanol–water partition coefficient (Wildman–Crippen LogP) is 4.00. The van der Waals surface area contributed by atoms with Crippen LogP contribution in [-0.2, 0) is 35.3 Å². The van der Waals surface area contributed by atoms with Crippen LogP contribution in [0.5, 0.6) is 0 Å². The second-order valence-electron chi connectivity index (χ2n) is 8.99. The highest BCUT2D eigenvalue weighted by Crippen LogP contribution is 2.32. The van der Waals surface area contributed by atoms with Crippen LogP contribution in [0.25, 0.3) is 0 Å². The topological polar surface area (TPSA) is 55.9 Å². The maximum absolute atomic E-state index is 13.5. The highest BCUT2D eigenvalue weighted by molar-refractivity contribution is 5.81. The van der Waals surface area contributed by atoms with E-state index in [1.807, 2.05) is 49.0 Å². The van der Waals surface area contributed by atoms with Gasteiger partial charge in [0, 0.05) is 44.8 Å². The van der Waals surface area contributed by atoms with E-state index in [1.165, 1.54) is 17.0 Å². The molecule has 0 saturated carbocycles. The second kappa shape index (κ2) is 11.6. The molecule has 0 aromatic heterocycles. The monoisotopic (exact) mass is 490 g/mol. The molecule has 0 unspecified atom stereocenters. The molecule has 0 fully saturated rings. The summed E-state index contributed by atoms with van der Waals surface area (Å²) in [6.45, 7) is 3.61. The van der Waals surface area contributed by atoms with Crippen molar-refractivity contribution in [2.45, 2.75) is 39.0 Å². The zero-order chi connectivity index (χ0) is 25.6. The van der Waals surface area contributed by atoms with Crippen LogP contribution in [0.1, 0.15) is 35.6 Å². The average Bonchev–Trinajstić information content (AvgIpc) is 2.83. The predicted molar refractivity (Wildman–Crippen MR) is 130 cm³/mol. The Hall–Kier alpha value is -3.07. The zero-order valence-electron chi connectivity index (χ0n) is 20.5. The SMILES string of the molecule is CCC(=O)N1CCc2cccc(NCC(=O)N(CCN(C)C)Cc3ccccc3C(F)(F)F)c2C1. The third-order valence-electron chi connectivity index (χ3n) is 6.21. The summed E-state index contributed by atoms with van der Waals surface area (Å²) in [6.07, 6.45) is -3.31. The molecule has 0 aliphatic carbocycles. The summed E-state index contributed by atoms with van der Waals surface area (Å²) < 4.78 is 40.5. The molecule has 6 nitrogen and oxygen atoms in total. The van der Waals surface area contributed by atoms with Gasteiger partial charge in [-0.25, -0.2) is 0 Å². The number of carbonyl (C=O) groups excluding carboxylic acids is 2. The second-order valence-corrected chi connectivity index (χ2v) is 8.99. The largest absolute Gasteiger partial charge is 0.416 e. The van der Waals surface area contributed by atoms with Gasteiger partial charge in [-0.15, -0.1) is 0 Å². The van der Waals surface area contributed by atoms with Crippen LogP contribution in [0, 0.1) is 0 Å². The molecule has 3 rings (SSSR count). The highest BCUT2D eigenvalue weighted by atomic mass is 19.4. The van der Waals surface area contributed by atoms with Gasteiger partial charge >= 0.3 is 6.18 Å². The Morgan fingerprint density at radius 2 is 1.80 bits per heavy atom. The maximum Gasteiger partial charge on any atom is 0.416 e. The van der Waals surface area contributed by atoms with Crippen molar-refractivity contribution in [2.75, 3.05) is 45.6 Å². The molecule has 0 bridgehead atoms. The number of carbonyl (C=O) groups is 2. The van der Waals surface area contributed by atoms with Crippen molar-refractivity contribution >= 4 is 17.5 Å². The average molecular weight is 491 g/mol. The number of likely N-dealkylation sites (N-methyl/N-ethyl adjacent to an activating group) is 1. The van der Waals surface area contributed by atoms with Gasteiger partial charge in [0.15, 0.2) is 0 Å². The number of halogens is 3. The summed E-state index contributed by atoms with van der Waals surface area (Å²) in [5.41, 5.74) is 2.22. The lowest BCUT2D eigenvalue weighted by atomic mass is 9.97. The van der Waals surface area contributed by atoms with E-state index in [2.05, 4.69) is 5.32 Å². The lowest BCUT2D eigenvalue weighted by Gasteiger charge is -2.31. The molecule has 0 atom stereocenters. The number of anilines is 1. The van der Waals surface area contributed by atoms with Crippen LogP contribution in [-0.4, -0.2) is 66.8 Å². The molecule has 0 saturated heterocycles. The zero-order valence-corrected chi connectivity index (χ0v) is 20.5. The summed E-state index contributed by atoms with van der Waals surface area (Å²) in [7, 11) is 3.70. The number of alkyl halides is 3. The molecule has 1 N–H and O–H groups in total. The van der Waals surface area contributed by atoms with E-state index in [1.54, 1.807) is 6.07 Å². The smallest absolute Gasteiger partial charge is 0.376 e. The lowest BCUT2D eigenvalue weighted by molar-refractivity contribution is -0.139. The quantitative estimate of drug-likeness (QED) is 0.577. The van der Waals surface area contributed by atoms with Crippen LogP contribution in [0.4, 0.5) is 18.9 Å². The van der Waals surface area contributed by atoms with Crippen LogP contribution < -0.4 is 5.32 Å². The number of hydrogen-bond donors (Lipinski definition) is 1. The van der Waals surface area contributed by atoms with Crippen molar-refractivity contribution in [3.63, 3.8) is 0 Å². The van der Waals surface area contributed by atoms with Gasteiger partial charge in [0.1, 0.15) is 0 Å². The van der Waals surface area contributed by atoms with Gasteiger partial charge in [0.2, 0.25) is 11.8 Å². The van der Waals surface area contributed by atoms with Crippen molar-refractivity contribution < 1.29 is 22.8 Å². The van der Waals surface area contributed by atoms with Crippen molar-refractivity contribution in [3.8, 4) is 0 Å². The molecule has 9 heteroatoms. The van der Waals surface area contributed by atoms with Crippen molar-refractivity contribution in [3.05, 3.63) is 64.7 Å². The van der Waals surface area contributed by atoms with Gasteiger partial charge in [-0.3, -0.25) is 9.59 Å². The van der Waals surface area contributed by atoms with E-state index in [0.29, 0.717) is 32.6 Å². The Balaban J connectivity index is 1.76. The van der Waals surface area contributed by atoms with E-state index >= 15 is 0 Å². The normalized spacial score (nSPS) is 13.5. The third kappa shape index (κ3) is 6.97. The Morgan fingerprint density at radius 1 is 1.06 bits per heavy atom. The van der Waals surface area contributed by atoms with Gasteiger partial charge in [-0.1, -0.05) is 37.3 Å². The van der Waals surface area contributed by atoms with Crippen molar-refractivity contribution in [1.29, 1.82) is 0 Å². The Labute approximate surface area is 204 Å². The number of rotatable bonds is 9. The number of nitrogens with zero attached hydrogens (tertiary/aromatic N) is 3. The molecule has 0 spiro atoms. The first kappa shape index (κ1) is 26.5. The van der Waals surface area contributed by atoms with Crippen molar-refractivity contribution in [2.24, 2.45) is 0 Å². The summed E-state index contributed by atoms with van der Waals surface area (Å²) in [6, 6.07) is 11.2. The van der Waals surface area contributed by atoms with Crippen LogP contribution >= 0.6 is 0 Å². The van der Waals surface area contributed by atoms with Crippen molar-refractivity contribution in [1.82, 2.24) is 14.7 Å². The van der Waals surface area contributed by atoms with Gasteiger partial charge in [-0.05, 0) is 49.3 Å². The van der Waals surface area contributed by atoms with Gasteiger partial charge < -0.3 is 20.0 Å². The van der Waals surface area contributed by atoms with E-state index < -0.39 is 11.7 Å². The Bertz CT molecular complexity index is 1040. The van der Waals surface area contributed by atoms with Crippen LogP contribution in [0.15, 0.2) is 42.5 Å². The van der Waals surface area contributed by atoms with Crippen LogP contribution in [0.3, 0.4) is 0 Å². The molecule has 190 valence electrons. The minimum Gasteiger partial charge on any atom is -0.376 e. The van der Waals surface area contributed by atoms with E-state index in [0.717, 1.165) is 29.3 Å². The summed E-state index contributed by atoms with van der Waals surface area (Å²) in [5, 5.41) is 3.18. The van der Waals surface area contributed by atoms with E-state index in [9.17, 15) is 22.8 Å². The fourth-order valence-electron chi connectivity index (χ4n) is 4.22. The van der Waals surface area contributed by atoms with Gasteiger partial charge in [-0.2, -0.15) is 13.2 Å². The minimum atomic E-state index is -4.49. The first-order chi connectivity index (χ1) is 16.6. The first-order valence-corrected chi connectivity index (χ1v) is 11.8. The fraction of sp³-hybridized carbons (Fsp3) is 0.462. The van der Waals surface area contributed by atoms with Gasteiger partial charge in [0.05, 0.1) is 12.1 Å². The third-order valence-corrected chi connectivity index (χ3v) is 6.21. The number of hydrogen-bond acceptors (Lipinski definition) is 4. The Kier molecular flexibility index (Phi) is 8.77. The first-order valence-electron chi connectivity index (χ1n) is 11.8. The highest BCUT2D eigenvalue weighted by Gasteiger charge is 2.33. The molecule has 1 heterocycles. The minimum absolute atomic E-state index is 0.0558. The molecule has 1 aliphatic heterocycles. The maximum atomic E-state index is 13.5. The number of nitrogens with one attached hydrogen (secondary N) is 1. The fourth-order valence-corrected chi connectivity index (χ4v) is 4.22. The van der Waals surface area contributed by atoms with E-state index in [4.69, 9.17) is 0 Å². The van der Waals surface area contributed by atoms with Crippen LogP contribution in [0.2, 0.25) is 0 Å². The molecular weight excluding hydrogens is 457 g/mol. The molecule has 2 amide bonds. The standard InChI is InChI=1S/C26H33F3N4O2/c1-4-24(34)32-13-12-19-9-7-11-23(21(19)18-32)30-16-25(35)33(15-14-31(2)3)17-20-8-5-6-10-22(20)26(27,28)29/h5-11,30H,4,12-18H2,1-3H3. The molecule has 0 radical (unpaired) electrons. The molecule has 2 aromatic rings. The number of amides is 2. The summed E-state index contributed by atoms with van der Waals surface area (Å²) in [4.78, 5) is 30.5. The molecular formula is C26H33F3N4O2.